The summed E-state index contributed by atoms with van der Waals surface area (Å²) in [5.74, 6) is 0.0394. The van der Waals surface area contributed by atoms with Crippen molar-refractivity contribution in [2.24, 2.45) is 5.92 Å². The Morgan fingerprint density at radius 3 is 2.55 bits per heavy atom. The van der Waals surface area contributed by atoms with Crippen molar-refractivity contribution in [3.8, 4) is 0 Å². The highest BCUT2D eigenvalue weighted by atomic mass is 16.6. The molecular weight excluding hydrogens is 254 g/mol. The van der Waals surface area contributed by atoms with Crippen molar-refractivity contribution in [1.29, 1.82) is 0 Å². The lowest BCUT2D eigenvalue weighted by Crippen LogP contribution is -2.37. The summed E-state index contributed by atoms with van der Waals surface area (Å²) in [5, 5.41) is 0. The van der Waals surface area contributed by atoms with Gasteiger partial charge in [-0.3, -0.25) is 4.79 Å². The summed E-state index contributed by atoms with van der Waals surface area (Å²) in [6, 6.07) is 10.0. The zero-order valence-corrected chi connectivity index (χ0v) is 12.3. The molecule has 0 aliphatic carbocycles. The largest absolute Gasteiger partial charge is 0.443 e. The van der Waals surface area contributed by atoms with Crippen LogP contribution in [0.25, 0.3) is 0 Å². The van der Waals surface area contributed by atoms with Crippen molar-refractivity contribution in [3.63, 3.8) is 0 Å². The van der Waals surface area contributed by atoms with Gasteiger partial charge in [-0.05, 0) is 38.7 Å². The van der Waals surface area contributed by atoms with Crippen molar-refractivity contribution >= 4 is 12.0 Å². The normalized spacial score (nSPS) is 19.2. The number of rotatable bonds is 2. The average Bonchev–Trinajstić information content (AvgIpc) is 2.69. The van der Waals surface area contributed by atoms with E-state index in [0.717, 1.165) is 6.42 Å². The second-order valence-corrected chi connectivity index (χ2v) is 6.24. The first kappa shape index (κ1) is 14.6. The number of ether oxygens (including phenoxy) is 1. The minimum Gasteiger partial charge on any atom is -0.443 e. The van der Waals surface area contributed by atoms with Gasteiger partial charge in [0.2, 0.25) is 5.91 Å². The molecule has 0 saturated carbocycles. The number of carbonyl (C=O) groups excluding carboxylic acids is 2. The van der Waals surface area contributed by atoms with Crippen molar-refractivity contribution in [2.45, 2.75) is 39.2 Å². The number of benzene rings is 1. The summed E-state index contributed by atoms with van der Waals surface area (Å²) in [5.41, 5.74) is 0.617. The molecule has 108 valence electrons. The molecule has 2 rings (SSSR count). The van der Waals surface area contributed by atoms with E-state index in [9.17, 15) is 9.59 Å². The van der Waals surface area contributed by atoms with Gasteiger partial charge in [0.25, 0.3) is 0 Å². The van der Waals surface area contributed by atoms with Crippen LogP contribution in [-0.4, -0.2) is 29.0 Å². The smallest absolute Gasteiger partial charge is 0.417 e. The molecule has 4 heteroatoms. The van der Waals surface area contributed by atoms with Gasteiger partial charge in [-0.25, -0.2) is 9.69 Å². The molecule has 1 aromatic carbocycles. The summed E-state index contributed by atoms with van der Waals surface area (Å²) < 4.78 is 5.26. The van der Waals surface area contributed by atoms with Crippen LogP contribution in [0.5, 0.6) is 0 Å². The Labute approximate surface area is 119 Å². The van der Waals surface area contributed by atoms with Crippen molar-refractivity contribution < 1.29 is 14.3 Å². The molecule has 4 nitrogen and oxygen atoms in total. The van der Waals surface area contributed by atoms with Gasteiger partial charge in [-0.15, -0.1) is 0 Å². The van der Waals surface area contributed by atoms with Crippen LogP contribution < -0.4 is 0 Å². The van der Waals surface area contributed by atoms with Gasteiger partial charge in [0.1, 0.15) is 5.60 Å². The van der Waals surface area contributed by atoms with Crippen LogP contribution in [0.3, 0.4) is 0 Å². The Hall–Kier alpha value is -1.84. The summed E-state index contributed by atoms with van der Waals surface area (Å²) in [7, 11) is 0. The topological polar surface area (TPSA) is 46.6 Å². The Balaban J connectivity index is 1.95. The summed E-state index contributed by atoms with van der Waals surface area (Å²) >= 11 is 0. The van der Waals surface area contributed by atoms with Crippen LogP contribution in [0.1, 0.15) is 32.8 Å². The van der Waals surface area contributed by atoms with E-state index in [1.165, 1.54) is 10.5 Å². The van der Waals surface area contributed by atoms with Gasteiger partial charge in [-0.2, -0.15) is 0 Å². The van der Waals surface area contributed by atoms with E-state index in [1.54, 1.807) is 20.8 Å². The van der Waals surface area contributed by atoms with Crippen LogP contribution in [-0.2, 0) is 16.0 Å². The lowest BCUT2D eigenvalue weighted by atomic mass is 9.99. The molecule has 20 heavy (non-hydrogen) atoms. The van der Waals surface area contributed by atoms with Crippen LogP contribution in [0.15, 0.2) is 30.3 Å². The number of likely N-dealkylation sites (tertiary alicyclic amines) is 1. The van der Waals surface area contributed by atoms with Gasteiger partial charge in [-0.1, -0.05) is 30.3 Å². The number of amides is 2. The van der Waals surface area contributed by atoms with Crippen molar-refractivity contribution in [2.75, 3.05) is 6.54 Å². The first-order valence-electron chi connectivity index (χ1n) is 6.92. The van der Waals surface area contributed by atoms with Crippen LogP contribution in [0, 0.1) is 5.92 Å². The van der Waals surface area contributed by atoms with E-state index in [1.807, 2.05) is 30.3 Å². The maximum atomic E-state index is 12.0. The molecule has 1 atom stereocenters. The average molecular weight is 275 g/mol. The van der Waals surface area contributed by atoms with E-state index < -0.39 is 11.7 Å². The SMILES string of the molecule is CC(C)(C)OC(=O)N1C[C@H](Cc2ccccc2)CC1=O. The lowest BCUT2D eigenvalue weighted by Gasteiger charge is -2.23. The molecule has 0 radical (unpaired) electrons. The molecule has 0 spiro atoms. The number of nitrogens with zero attached hydrogens (tertiary/aromatic N) is 1. The van der Waals surface area contributed by atoms with Crippen molar-refractivity contribution in [1.82, 2.24) is 4.90 Å². The second kappa shape index (κ2) is 5.65. The summed E-state index contributed by atoms with van der Waals surface area (Å²) in [6.07, 6.45) is 0.693. The Kier molecular flexibility index (Phi) is 4.12. The predicted molar refractivity (Wildman–Crippen MR) is 76.2 cm³/mol. The van der Waals surface area contributed by atoms with E-state index >= 15 is 0 Å². The maximum Gasteiger partial charge on any atom is 0.417 e. The monoisotopic (exact) mass is 275 g/mol. The minimum absolute atomic E-state index is 0.139. The van der Waals surface area contributed by atoms with Gasteiger partial charge in [0.05, 0.1) is 0 Å². The molecule has 0 bridgehead atoms. The molecule has 1 aliphatic heterocycles. The fraction of sp³-hybridized carbons (Fsp3) is 0.500. The third-order valence-corrected chi connectivity index (χ3v) is 3.19. The highest BCUT2D eigenvalue weighted by Crippen LogP contribution is 2.23. The van der Waals surface area contributed by atoms with Crippen LogP contribution >= 0.6 is 0 Å². The fourth-order valence-corrected chi connectivity index (χ4v) is 2.36. The highest BCUT2D eigenvalue weighted by Gasteiger charge is 2.36. The maximum absolute atomic E-state index is 12.0. The van der Waals surface area contributed by atoms with Gasteiger partial charge >= 0.3 is 6.09 Å². The number of hydrogen-bond acceptors (Lipinski definition) is 3. The predicted octanol–water partition coefficient (Wildman–Crippen LogP) is 3.01. The fourth-order valence-electron chi connectivity index (χ4n) is 2.36. The molecule has 1 aliphatic rings. The van der Waals surface area contributed by atoms with Crippen LogP contribution in [0.4, 0.5) is 4.79 Å². The van der Waals surface area contributed by atoms with E-state index in [4.69, 9.17) is 4.74 Å². The third-order valence-electron chi connectivity index (χ3n) is 3.19. The Bertz CT molecular complexity index is 490. The van der Waals surface area contributed by atoms with E-state index in [0.29, 0.717) is 13.0 Å². The number of carbonyl (C=O) groups is 2. The molecule has 1 fully saturated rings. The van der Waals surface area contributed by atoms with Gasteiger partial charge < -0.3 is 4.74 Å². The molecule has 1 aromatic rings. The molecule has 0 unspecified atom stereocenters. The minimum atomic E-state index is -0.575. The molecular formula is C16H21NO3. The summed E-state index contributed by atoms with van der Waals surface area (Å²) in [4.78, 5) is 25.1. The Morgan fingerprint density at radius 1 is 1.30 bits per heavy atom. The third kappa shape index (κ3) is 3.83. The number of imide groups is 1. The van der Waals surface area contributed by atoms with Crippen molar-refractivity contribution in [3.05, 3.63) is 35.9 Å². The van der Waals surface area contributed by atoms with Gasteiger partial charge in [0.15, 0.2) is 0 Å². The quantitative estimate of drug-likeness (QED) is 0.833. The zero-order chi connectivity index (χ0) is 14.8. The second-order valence-electron chi connectivity index (χ2n) is 6.24. The van der Waals surface area contributed by atoms with Gasteiger partial charge in [0, 0.05) is 13.0 Å². The van der Waals surface area contributed by atoms with Crippen LogP contribution in [0.2, 0.25) is 0 Å². The first-order valence-corrected chi connectivity index (χ1v) is 6.92. The summed E-state index contributed by atoms with van der Waals surface area (Å²) in [6.45, 7) is 5.84. The number of hydrogen-bond donors (Lipinski definition) is 0. The molecule has 1 heterocycles. The van der Waals surface area contributed by atoms with E-state index in [-0.39, 0.29) is 11.8 Å². The molecule has 0 N–H and O–H groups in total. The standard InChI is InChI=1S/C16H21NO3/c1-16(2,3)20-15(19)17-11-13(10-14(17)18)9-12-7-5-4-6-8-12/h4-8,13H,9-11H2,1-3H3/t13-/m1/s1. The van der Waals surface area contributed by atoms with E-state index in [2.05, 4.69) is 0 Å². The first-order chi connectivity index (χ1) is 9.35. The molecule has 0 aromatic heterocycles. The Morgan fingerprint density at radius 2 is 1.95 bits per heavy atom. The molecule has 1 saturated heterocycles. The lowest BCUT2D eigenvalue weighted by molar-refractivity contribution is -0.127. The zero-order valence-electron chi connectivity index (χ0n) is 12.3. The highest BCUT2D eigenvalue weighted by molar-refractivity contribution is 5.93. The molecule has 2 amide bonds.